The van der Waals surface area contributed by atoms with Gasteiger partial charge < -0.3 is 9.26 Å². The first kappa shape index (κ1) is 9.11. The Balaban J connectivity index is 2.41. The summed E-state index contributed by atoms with van der Waals surface area (Å²) in [7, 11) is 0. The molecule has 0 spiro atoms. The highest BCUT2D eigenvalue weighted by Gasteiger charge is 2.04. The molecule has 12 heavy (non-hydrogen) atoms. The van der Waals surface area contributed by atoms with Crippen LogP contribution in [0.3, 0.4) is 0 Å². The van der Waals surface area contributed by atoms with Gasteiger partial charge in [0, 0.05) is 6.61 Å². The van der Waals surface area contributed by atoms with Crippen molar-refractivity contribution in [2.24, 2.45) is 5.90 Å². The molecule has 0 amide bonds. The highest BCUT2D eigenvalue weighted by molar-refractivity contribution is 4.82. The third-order valence-corrected chi connectivity index (χ3v) is 1.15. The number of hydrogen-bond acceptors (Lipinski definition) is 6. The fourth-order valence-electron chi connectivity index (χ4n) is 0.672. The summed E-state index contributed by atoms with van der Waals surface area (Å²) in [5.41, 5.74) is 0. The lowest BCUT2D eigenvalue weighted by Crippen LogP contribution is -1.99. The van der Waals surface area contributed by atoms with Crippen LogP contribution in [0.5, 0.6) is 0 Å². The van der Waals surface area contributed by atoms with Crippen molar-refractivity contribution < 1.29 is 14.1 Å². The number of rotatable bonds is 5. The molecule has 0 aromatic carbocycles. The summed E-state index contributed by atoms with van der Waals surface area (Å²) in [5, 5.41) is 3.63. The molecule has 1 aromatic rings. The Morgan fingerprint density at radius 1 is 1.50 bits per heavy atom. The molecule has 0 aliphatic rings. The van der Waals surface area contributed by atoms with E-state index in [4.69, 9.17) is 15.2 Å². The van der Waals surface area contributed by atoms with Crippen LogP contribution < -0.4 is 5.90 Å². The molecule has 6 nitrogen and oxygen atoms in total. The fourth-order valence-corrected chi connectivity index (χ4v) is 0.672. The Morgan fingerprint density at radius 2 is 2.33 bits per heavy atom. The molecule has 0 aliphatic heterocycles. The first-order valence-electron chi connectivity index (χ1n) is 3.57. The van der Waals surface area contributed by atoms with Gasteiger partial charge in [0.1, 0.15) is 13.2 Å². The predicted molar refractivity (Wildman–Crippen MR) is 38.6 cm³/mol. The minimum atomic E-state index is 0.124. The molecule has 0 atom stereocenters. The zero-order valence-corrected chi connectivity index (χ0v) is 6.82. The number of aromatic nitrogens is 2. The number of nitrogens with zero attached hydrogens (tertiary/aromatic N) is 2. The van der Waals surface area contributed by atoms with Gasteiger partial charge in [0.15, 0.2) is 5.82 Å². The van der Waals surface area contributed by atoms with Gasteiger partial charge in [-0.25, -0.2) is 5.90 Å². The maximum absolute atomic E-state index is 5.05. The Hall–Kier alpha value is -0.980. The summed E-state index contributed by atoms with van der Waals surface area (Å²) >= 11 is 0. The van der Waals surface area contributed by atoms with Gasteiger partial charge >= 0.3 is 0 Å². The summed E-state index contributed by atoms with van der Waals surface area (Å²) in [6.45, 7) is 2.99. The molecular weight excluding hydrogens is 162 g/mol. The van der Waals surface area contributed by atoms with Gasteiger partial charge in [-0.05, 0) is 6.92 Å². The molecule has 0 bridgehead atoms. The van der Waals surface area contributed by atoms with Gasteiger partial charge in [-0.3, -0.25) is 4.84 Å². The van der Waals surface area contributed by atoms with Crippen molar-refractivity contribution >= 4 is 0 Å². The molecule has 2 N–H and O–H groups in total. The molecule has 1 rings (SSSR count). The van der Waals surface area contributed by atoms with E-state index in [1.807, 2.05) is 6.92 Å². The van der Waals surface area contributed by atoms with Crippen molar-refractivity contribution in [1.82, 2.24) is 10.1 Å². The van der Waals surface area contributed by atoms with Crippen LogP contribution in [0.2, 0.25) is 0 Å². The van der Waals surface area contributed by atoms with Gasteiger partial charge in [-0.15, -0.1) is 0 Å². The van der Waals surface area contributed by atoms with Crippen molar-refractivity contribution in [3.8, 4) is 0 Å². The molecule has 6 heteroatoms. The van der Waals surface area contributed by atoms with Crippen LogP contribution in [0.1, 0.15) is 18.6 Å². The second kappa shape index (κ2) is 4.81. The summed E-state index contributed by atoms with van der Waals surface area (Å²) in [6, 6.07) is 0. The Kier molecular flexibility index (Phi) is 3.65. The number of hydrogen-bond donors (Lipinski definition) is 1. The molecule has 1 aromatic heterocycles. The van der Waals surface area contributed by atoms with Crippen molar-refractivity contribution in [3.63, 3.8) is 0 Å². The van der Waals surface area contributed by atoms with E-state index in [1.54, 1.807) is 0 Å². The monoisotopic (exact) mass is 173 g/mol. The second-order valence-corrected chi connectivity index (χ2v) is 2.05. The second-order valence-electron chi connectivity index (χ2n) is 2.05. The van der Waals surface area contributed by atoms with E-state index in [0.29, 0.717) is 24.9 Å². The third-order valence-electron chi connectivity index (χ3n) is 1.15. The lowest BCUT2D eigenvalue weighted by atomic mass is 10.6. The lowest BCUT2D eigenvalue weighted by molar-refractivity contribution is 0.0994. The normalized spacial score (nSPS) is 10.5. The van der Waals surface area contributed by atoms with Crippen LogP contribution in [0.15, 0.2) is 4.52 Å². The van der Waals surface area contributed by atoms with Crippen LogP contribution >= 0.6 is 0 Å². The quantitative estimate of drug-likeness (QED) is 0.631. The van der Waals surface area contributed by atoms with Crippen LogP contribution in [0.25, 0.3) is 0 Å². The number of nitrogens with two attached hydrogens (primary N) is 1. The molecule has 0 saturated heterocycles. The van der Waals surface area contributed by atoms with Gasteiger partial charge in [-0.1, -0.05) is 5.16 Å². The van der Waals surface area contributed by atoms with Crippen molar-refractivity contribution in [2.75, 3.05) is 6.61 Å². The van der Waals surface area contributed by atoms with E-state index in [-0.39, 0.29) is 6.61 Å². The smallest absolute Gasteiger partial charge is 0.254 e. The zero-order valence-electron chi connectivity index (χ0n) is 6.82. The van der Waals surface area contributed by atoms with Gasteiger partial charge in [0.25, 0.3) is 5.89 Å². The van der Waals surface area contributed by atoms with Gasteiger partial charge in [-0.2, -0.15) is 4.98 Å². The molecule has 0 fully saturated rings. The van der Waals surface area contributed by atoms with Crippen molar-refractivity contribution in [1.29, 1.82) is 0 Å². The summed E-state index contributed by atoms with van der Waals surface area (Å²) in [4.78, 5) is 8.24. The van der Waals surface area contributed by atoms with Crippen LogP contribution in [-0.4, -0.2) is 16.7 Å². The highest BCUT2D eigenvalue weighted by Crippen LogP contribution is 1.99. The van der Waals surface area contributed by atoms with Crippen molar-refractivity contribution in [2.45, 2.75) is 20.1 Å². The minimum absolute atomic E-state index is 0.124. The van der Waals surface area contributed by atoms with Crippen LogP contribution in [0, 0.1) is 0 Å². The summed E-state index contributed by atoms with van der Waals surface area (Å²) < 4.78 is 9.81. The fraction of sp³-hybridized carbons (Fsp3) is 0.667. The summed E-state index contributed by atoms with van der Waals surface area (Å²) in [6.07, 6.45) is 0. The van der Waals surface area contributed by atoms with E-state index in [1.165, 1.54) is 0 Å². The Labute approximate surface area is 69.6 Å². The molecular formula is C6H11N3O3. The molecule has 1 heterocycles. The lowest BCUT2D eigenvalue weighted by Gasteiger charge is -1.91. The molecule has 0 radical (unpaired) electrons. The maximum Gasteiger partial charge on any atom is 0.254 e. The van der Waals surface area contributed by atoms with E-state index < -0.39 is 0 Å². The van der Waals surface area contributed by atoms with Crippen LogP contribution in [-0.2, 0) is 22.8 Å². The Bertz CT molecular complexity index is 226. The molecule has 0 unspecified atom stereocenters. The third kappa shape index (κ3) is 2.57. The van der Waals surface area contributed by atoms with E-state index >= 15 is 0 Å². The average Bonchev–Trinajstić information content (AvgIpc) is 2.50. The predicted octanol–water partition coefficient (Wildman–Crippen LogP) is -0.00360. The maximum atomic E-state index is 5.05. The van der Waals surface area contributed by atoms with E-state index in [0.717, 1.165) is 0 Å². The minimum Gasteiger partial charge on any atom is -0.374 e. The van der Waals surface area contributed by atoms with Crippen molar-refractivity contribution in [3.05, 3.63) is 11.7 Å². The standard InChI is InChI=1S/C6H11N3O3/c1-2-10-3-5-8-6(4-11-7)12-9-5/h2-4,7H2,1H3. The molecule has 0 saturated carbocycles. The Morgan fingerprint density at radius 3 is 3.00 bits per heavy atom. The number of ether oxygens (including phenoxy) is 1. The first-order chi connectivity index (χ1) is 5.86. The van der Waals surface area contributed by atoms with Gasteiger partial charge in [0.05, 0.1) is 0 Å². The SMILES string of the molecule is CCOCc1noc(CON)n1. The van der Waals surface area contributed by atoms with E-state index in [9.17, 15) is 0 Å². The first-order valence-corrected chi connectivity index (χ1v) is 3.57. The zero-order chi connectivity index (χ0) is 8.81. The topological polar surface area (TPSA) is 83.4 Å². The van der Waals surface area contributed by atoms with Crippen LogP contribution in [0.4, 0.5) is 0 Å². The highest BCUT2D eigenvalue weighted by atomic mass is 16.6. The summed E-state index contributed by atoms with van der Waals surface area (Å²) in [5.74, 6) is 5.67. The molecule has 0 aliphatic carbocycles. The largest absolute Gasteiger partial charge is 0.374 e. The van der Waals surface area contributed by atoms with Gasteiger partial charge in [0.2, 0.25) is 0 Å². The van der Waals surface area contributed by atoms with E-state index in [2.05, 4.69) is 15.0 Å². The molecule has 68 valence electrons. The average molecular weight is 173 g/mol.